The molecule has 0 spiro atoms. The van der Waals surface area contributed by atoms with Gasteiger partial charge in [0.1, 0.15) is 7.85 Å². The zero-order valence-corrected chi connectivity index (χ0v) is 23.5. The Labute approximate surface area is 230 Å². The quantitative estimate of drug-likeness (QED) is 0.217. The van der Waals surface area contributed by atoms with Crippen LogP contribution in [-0.4, -0.2) is 26.9 Å². The highest BCUT2D eigenvalue weighted by atomic mass is 28.2. The van der Waals surface area contributed by atoms with E-state index in [0.717, 1.165) is 16.7 Å². The molecule has 0 atom stereocenters. The number of benzene rings is 4. The molecule has 0 aliphatic rings. The number of rotatable bonds is 7. The van der Waals surface area contributed by atoms with Gasteiger partial charge in [-0.05, 0) is 41.7 Å². The Kier molecular flexibility index (Phi) is 9.49. The third kappa shape index (κ3) is 6.40. The topological polar surface area (TPSA) is 17.8 Å². The van der Waals surface area contributed by atoms with Gasteiger partial charge in [0.25, 0.3) is 0 Å². The normalized spacial score (nSPS) is 10.9. The van der Waals surface area contributed by atoms with Crippen LogP contribution in [0.2, 0.25) is 0 Å². The van der Waals surface area contributed by atoms with Gasteiger partial charge in [-0.3, -0.25) is 0 Å². The van der Waals surface area contributed by atoms with Gasteiger partial charge in [0.15, 0.2) is 0 Å². The van der Waals surface area contributed by atoms with Gasteiger partial charge in [0, 0.05) is 12.4 Å². The first-order valence-electron chi connectivity index (χ1n) is 12.9. The highest BCUT2D eigenvalue weighted by molar-refractivity contribution is 6.47. The van der Waals surface area contributed by atoms with Crippen molar-refractivity contribution in [1.29, 1.82) is 0 Å². The van der Waals surface area contributed by atoms with E-state index in [4.69, 9.17) is 7.85 Å². The van der Waals surface area contributed by atoms with Crippen molar-refractivity contribution in [2.75, 3.05) is 0 Å². The summed E-state index contributed by atoms with van der Waals surface area (Å²) in [5, 5.41) is -0.143. The summed E-state index contributed by atoms with van der Waals surface area (Å²) < 4.78 is 2.28. The van der Waals surface area contributed by atoms with Crippen LogP contribution in [0.25, 0.3) is 5.57 Å². The standard InChI is InChI=1S/C20H22N2Si.C14H11B/c1-17(2)15-23-20(22-14-13-21-16-22,18-9-5-3-6-10-18)19-11-7-4-8-12-19;15-11-14(12-7-3-1-4-8-12)13-9-5-2-6-10-13/h3-16H,23H2,1-2H3;1-11H. The molecule has 0 fully saturated rings. The van der Waals surface area contributed by atoms with Crippen LogP contribution >= 0.6 is 0 Å². The fourth-order valence-electron chi connectivity index (χ4n) is 4.66. The fourth-order valence-corrected chi connectivity index (χ4v) is 6.71. The van der Waals surface area contributed by atoms with E-state index in [2.05, 4.69) is 120 Å². The number of hydrogen-bond acceptors (Lipinski definition) is 1. The van der Waals surface area contributed by atoms with E-state index in [0.29, 0.717) is 0 Å². The first-order valence-corrected chi connectivity index (χ1v) is 14.4. The summed E-state index contributed by atoms with van der Waals surface area (Å²) in [4.78, 5) is 4.33. The maximum atomic E-state index is 5.67. The first kappa shape index (κ1) is 26.9. The zero-order chi connectivity index (χ0) is 26.6. The van der Waals surface area contributed by atoms with Crippen molar-refractivity contribution >= 4 is 22.9 Å². The lowest BCUT2D eigenvalue weighted by Gasteiger charge is -2.36. The second-order valence-electron chi connectivity index (χ2n) is 9.36. The zero-order valence-electron chi connectivity index (χ0n) is 22.1. The van der Waals surface area contributed by atoms with Crippen LogP contribution in [0.5, 0.6) is 0 Å². The molecule has 5 rings (SSSR count). The first-order chi connectivity index (χ1) is 18.6. The van der Waals surface area contributed by atoms with Crippen LogP contribution in [-0.2, 0) is 5.16 Å². The van der Waals surface area contributed by atoms with Crippen molar-refractivity contribution < 1.29 is 0 Å². The third-order valence-corrected chi connectivity index (χ3v) is 9.38. The van der Waals surface area contributed by atoms with E-state index < -0.39 is 9.52 Å². The summed E-state index contributed by atoms with van der Waals surface area (Å²) in [5.41, 5.74) is 9.84. The van der Waals surface area contributed by atoms with Crippen LogP contribution in [0.15, 0.2) is 157 Å². The van der Waals surface area contributed by atoms with E-state index in [-0.39, 0.29) is 5.16 Å². The minimum Gasteiger partial charge on any atom is -0.326 e. The summed E-state index contributed by atoms with van der Waals surface area (Å²) in [7, 11) is 5.04. The minimum atomic E-state index is -0.634. The largest absolute Gasteiger partial charge is 0.326 e. The molecule has 0 saturated heterocycles. The molecule has 0 aliphatic carbocycles. The van der Waals surface area contributed by atoms with Crippen molar-refractivity contribution in [3.8, 4) is 0 Å². The molecule has 2 radical (unpaired) electrons. The molecule has 4 heteroatoms. The second kappa shape index (κ2) is 13.4. The lowest BCUT2D eigenvalue weighted by Crippen LogP contribution is -2.41. The highest BCUT2D eigenvalue weighted by Gasteiger charge is 2.35. The van der Waals surface area contributed by atoms with E-state index in [9.17, 15) is 0 Å². The van der Waals surface area contributed by atoms with Crippen LogP contribution in [0.1, 0.15) is 36.1 Å². The van der Waals surface area contributed by atoms with Crippen LogP contribution in [0, 0.1) is 0 Å². The molecule has 0 unspecified atom stereocenters. The van der Waals surface area contributed by atoms with Crippen molar-refractivity contribution in [3.63, 3.8) is 0 Å². The van der Waals surface area contributed by atoms with Gasteiger partial charge in [-0.1, -0.05) is 133 Å². The molecule has 0 N–H and O–H groups in total. The minimum absolute atomic E-state index is 0.143. The molecule has 0 aliphatic heterocycles. The van der Waals surface area contributed by atoms with Gasteiger partial charge in [0.2, 0.25) is 0 Å². The Morgan fingerprint density at radius 2 is 1.16 bits per heavy atom. The lowest BCUT2D eigenvalue weighted by molar-refractivity contribution is 0.596. The summed E-state index contributed by atoms with van der Waals surface area (Å²) in [6, 6.07) is 41.9. The summed E-state index contributed by atoms with van der Waals surface area (Å²) in [5.74, 6) is 1.66. The number of imidazole rings is 1. The number of aromatic nitrogens is 2. The number of nitrogens with zero attached hydrogens (tertiary/aromatic N) is 2. The molecule has 1 heterocycles. The van der Waals surface area contributed by atoms with Gasteiger partial charge < -0.3 is 4.57 Å². The van der Waals surface area contributed by atoms with Crippen molar-refractivity contribution in [3.05, 3.63) is 180 Å². The molecule has 5 aromatic rings. The van der Waals surface area contributed by atoms with E-state index >= 15 is 0 Å². The van der Waals surface area contributed by atoms with Crippen molar-refractivity contribution in [2.24, 2.45) is 0 Å². The molecule has 0 bridgehead atoms. The van der Waals surface area contributed by atoms with Gasteiger partial charge in [-0.15, -0.1) is 5.98 Å². The predicted octanol–water partition coefficient (Wildman–Crippen LogP) is 6.97. The molecule has 38 heavy (non-hydrogen) atoms. The number of hydrogen-bond donors (Lipinski definition) is 0. The van der Waals surface area contributed by atoms with Crippen LogP contribution in [0.3, 0.4) is 0 Å². The molecular formula is C34H33BN2Si. The van der Waals surface area contributed by atoms with E-state index in [1.807, 2.05) is 48.9 Å². The third-order valence-electron chi connectivity index (χ3n) is 6.59. The number of allylic oxidation sites excluding steroid dienone is 1. The maximum Gasteiger partial charge on any atom is 0.103 e. The van der Waals surface area contributed by atoms with Gasteiger partial charge in [-0.2, -0.15) is 0 Å². The van der Waals surface area contributed by atoms with Gasteiger partial charge >= 0.3 is 0 Å². The van der Waals surface area contributed by atoms with E-state index in [1.54, 1.807) is 5.98 Å². The monoisotopic (exact) mass is 508 g/mol. The van der Waals surface area contributed by atoms with E-state index in [1.165, 1.54) is 16.7 Å². The smallest absolute Gasteiger partial charge is 0.103 e. The van der Waals surface area contributed by atoms with Crippen LogP contribution in [0.4, 0.5) is 0 Å². The summed E-state index contributed by atoms with van der Waals surface area (Å²) >= 11 is 0. The van der Waals surface area contributed by atoms with Crippen molar-refractivity contribution in [1.82, 2.24) is 9.55 Å². The fraction of sp³-hybridized carbons (Fsp3) is 0.0882. The van der Waals surface area contributed by atoms with Gasteiger partial charge in [0.05, 0.1) is 21.0 Å². The molecule has 0 saturated carbocycles. The Morgan fingerprint density at radius 1 is 0.711 bits per heavy atom. The average Bonchev–Trinajstić information content (AvgIpc) is 3.52. The van der Waals surface area contributed by atoms with Crippen molar-refractivity contribution in [2.45, 2.75) is 19.0 Å². The summed E-state index contributed by atoms with van der Waals surface area (Å²) in [6.45, 7) is 4.36. The molecule has 186 valence electrons. The molecular weight excluding hydrogens is 475 g/mol. The molecule has 0 amide bonds. The van der Waals surface area contributed by atoms with Crippen LogP contribution < -0.4 is 0 Å². The predicted molar refractivity (Wildman–Crippen MR) is 165 cm³/mol. The molecule has 1 aromatic heterocycles. The molecule has 2 nitrogen and oxygen atoms in total. The maximum absolute atomic E-state index is 5.67. The Balaban J connectivity index is 0.000000194. The molecule has 4 aromatic carbocycles. The van der Waals surface area contributed by atoms with Gasteiger partial charge in [-0.25, -0.2) is 4.98 Å². The summed E-state index contributed by atoms with van der Waals surface area (Å²) in [6.07, 6.45) is 5.91. The highest BCUT2D eigenvalue weighted by Crippen LogP contribution is 2.33. The lowest BCUT2D eigenvalue weighted by atomic mass is 9.92. The average molecular weight is 509 g/mol. The Morgan fingerprint density at radius 3 is 1.53 bits per heavy atom. The Hall–Kier alpha value is -4.15. The second-order valence-corrected chi connectivity index (χ2v) is 11.2. The Bertz CT molecular complexity index is 1350. The SMILES string of the molecule is CC(C)=C[SiH2]C(c1ccccc1)(c1ccccc1)n1ccnc1.[B]C=C(c1ccccc1)c1ccccc1.